The van der Waals surface area contributed by atoms with Gasteiger partial charge >= 0.3 is 5.97 Å². The summed E-state index contributed by atoms with van der Waals surface area (Å²) in [5.41, 5.74) is 2.50. The number of hydrogen-bond acceptors (Lipinski definition) is 4. The molecule has 2 aliphatic heterocycles. The van der Waals surface area contributed by atoms with E-state index in [1.54, 1.807) is 0 Å². The van der Waals surface area contributed by atoms with Crippen LogP contribution >= 0.6 is 0 Å². The molecular formula is C26H30N2O3. The molecule has 5 heteroatoms. The van der Waals surface area contributed by atoms with Gasteiger partial charge in [-0.1, -0.05) is 60.7 Å². The Kier molecular flexibility index (Phi) is 5.77. The number of ether oxygens (including phenoxy) is 1. The van der Waals surface area contributed by atoms with E-state index in [0.717, 1.165) is 45.3 Å². The van der Waals surface area contributed by atoms with E-state index in [1.165, 1.54) is 11.1 Å². The number of nitrogens with zero attached hydrogens (tertiary/aromatic N) is 2. The topological polar surface area (TPSA) is 49.9 Å². The average molecular weight is 419 g/mol. The summed E-state index contributed by atoms with van der Waals surface area (Å²) in [4.78, 5) is 29.4. The van der Waals surface area contributed by atoms with Crippen molar-refractivity contribution in [2.45, 2.75) is 37.8 Å². The predicted molar refractivity (Wildman–Crippen MR) is 118 cm³/mol. The van der Waals surface area contributed by atoms with Crippen molar-refractivity contribution >= 4 is 11.9 Å². The summed E-state index contributed by atoms with van der Waals surface area (Å²) in [5.74, 6) is 0.141. The van der Waals surface area contributed by atoms with E-state index in [1.807, 2.05) is 17.0 Å². The van der Waals surface area contributed by atoms with Gasteiger partial charge in [-0.3, -0.25) is 14.5 Å². The van der Waals surface area contributed by atoms with Crippen molar-refractivity contribution in [3.63, 3.8) is 0 Å². The maximum absolute atomic E-state index is 12.8. The fraction of sp³-hybridized carbons (Fsp3) is 0.462. The Morgan fingerprint density at radius 2 is 1.42 bits per heavy atom. The number of carbonyl (C=O) groups is 2. The third-order valence-corrected chi connectivity index (χ3v) is 6.75. The molecule has 2 aromatic rings. The zero-order valence-corrected chi connectivity index (χ0v) is 17.9. The SMILES string of the molecule is O=C(OC1CN(C(c2ccccc2)c2ccccc2)C1)[C@@H]1CCCN(C(=O)C2CC2)C1. The van der Waals surface area contributed by atoms with Crippen LogP contribution in [0.2, 0.25) is 0 Å². The molecule has 1 saturated carbocycles. The van der Waals surface area contributed by atoms with Crippen LogP contribution in [0.25, 0.3) is 0 Å². The third kappa shape index (κ3) is 4.52. The Morgan fingerprint density at radius 1 is 0.806 bits per heavy atom. The maximum atomic E-state index is 12.8. The highest BCUT2D eigenvalue weighted by atomic mass is 16.5. The number of hydrogen-bond donors (Lipinski definition) is 0. The number of benzene rings is 2. The number of amides is 1. The summed E-state index contributed by atoms with van der Waals surface area (Å²) < 4.78 is 5.86. The Bertz CT molecular complexity index is 867. The van der Waals surface area contributed by atoms with Crippen molar-refractivity contribution in [2.24, 2.45) is 11.8 Å². The molecule has 1 aliphatic carbocycles. The molecular weight excluding hydrogens is 388 g/mol. The van der Waals surface area contributed by atoms with Crippen molar-refractivity contribution in [1.29, 1.82) is 0 Å². The van der Waals surface area contributed by atoms with Crippen molar-refractivity contribution < 1.29 is 14.3 Å². The molecule has 0 aromatic heterocycles. The van der Waals surface area contributed by atoms with Gasteiger partial charge in [0.05, 0.1) is 12.0 Å². The van der Waals surface area contributed by atoms with E-state index in [4.69, 9.17) is 4.74 Å². The molecule has 0 spiro atoms. The van der Waals surface area contributed by atoms with Crippen LogP contribution in [0.15, 0.2) is 60.7 Å². The van der Waals surface area contributed by atoms with Gasteiger partial charge in [-0.15, -0.1) is 0 Å². The highest BCUT2D eigenvalue weighted by Gasteiger charge is 2.40. The van der Waals surface area contributed by atoms with Crippen LogP contribution in [-0.4, -0.2) is 54.0 Å². The lowest BCUT2D eigenvalue weighted by atomic mass is 9.93. The molecule has 3 fully saturated rings. The van der Waals surface area contributed by atoms with Crippen LogP contribution in [0.4, 0.5) is 0 Å². The molecule has 5 rings (SSSR count). The molecule has 162 valence electrons. The van der Waals surface area contributed by atoms with Gasteiger partial charge in [0, 0.05) is 32.1 Å². The normalized spacial score (nSPS) is 22.2. The van der Waals surface area contributed by atoms with Crippen molar-refractivity contribution in [3.8, 4) is 0 Å². The molecule has 0 unspecified atom stereocenters. The highest BCUT2D eigenvalue weighted by molar-refractivity contribution is 5.82. The second-order valence-corrected chi connectivity index (χ2v) is 9.13. The maximum Gasteiger partial charge on any atom is 0.311 e. The molecule has 2 saturated heterocycles. The van der Waals surface area contributed by atoms with E-state index in [0.29, 0.717) is 6.54 Å². The Hall–Kier alpha value is -2.66. The van der Waals surface area contributed by atoms with Gasteiger partial charge in [-0.25, -0.2) is 0 Å². The van der Waals surface area contributed by atoms with E-state index < -0.39 is 0 Å². The molecule has 2 aromatic carbocycles. The van der Waals surface area contributed by atoms with Crippen LogP contribution < -0.4 is 0 Å². The van der Waals surface area contributed by atoms with Gasteiger partial charge in [0.25, 0.3) is 0 Å². The van der Waals surface area contributed by atoms with E-state index in [-0.39, 0.29) is 35.9 Å². The van der Waals surface area contributed by atoms with Crippen LogP contribution in [-0.2, 0) is 14.3 Å². The smallest absolute Gasteiger partial charge is 0.311 e. The summed E-state index contributed by atoms with van der Waals surface area (Å²) in [5, 5.41) is 0. The lowest BCUT2D eigenvalue weighted by Crippen LogP contribution is -2.55. The zero-order valence-electron chi connectivity index (χ0n) is 17.9. The number of likely N-dealkylation sites (tertiary alicyclic amines) is 2. The van der Waals surface area contributed by atoms with Crippen LogP contribution in [0.5, 0.6) is 0 Å². The lowest BCUT2D eigenvalue weighted by molar-refractivity contribution is -0.166. The molecule has 1 atom stereocenters. The Balaban J connectivity index is 1.18. The molecule has 0 radical (unpaired) electrons. The minimum absolute atomic E-state index is 0.0723. The lowest BCUT2D eigenvalue weighted by Gasteiger charge is -2.44. The van der Waals surface area contributed by atoms with Crippen LogP contribution in [0.1, 0.15) is 42.9 Å². The number of esters is 1. The van der Waals surface area contributed by atoms with Crippen molar-refractivity contribution in [2.75, 3.05) is 26.2 Å². The van der Waals surface area contributed by atoms with Crippen molar-refractivity contribution in [3.05, 3.63) is 71.8 Å². The first kappa shape index (κ1) is 20.3. The van der Waals surface area contributed by atoms with Gasteiger partial charge in [0.15, 0.2) is 0 Å². The fourth-order valence-corrected chi connectivity index (χ4v) is 4.86. The fourth-order valence-electron chi connectivity index (χ4n) is 4.86. The number of carbonyl (C=O) groups excluding carboxylic acids is 2. The zero-order chi connectivity index (χ0) is 21.2. The molecule has 1 amide bonds. The average Bonchev–Trinajstić information content (AvgIpc) is 3.64. The molecule has 31 heavy (non-hydrogen) atoms. The summed E-state index contributed by atoms with van der Waals surface area (Å²) in [6, 6.07) is 21.1. The minimum atomic E-state index is -0.176. The van der Waals surface area contributed by atoms with Gasteiger partial charge in [0.2, 0.25) is 5.91 Å². The summed E-state index contributed by atoms with van der Waals surface area (Å²) in [7, 11) is 0. The van der Waals surface area contributed by atoms with E-state index in [2.05, 4.69) is 53.4 Å². The monoisotopic (exact) mass is 418 g/mol. The summed E-state index contributed by atoms with van der Waals surface area (Å²) in [6.07, 6.45) is 3.65. The standard InChI is InChI=1S/C26H30N2O3/c29-25(21-13-14-21)27-15-7-12-22(16-27)26(30)31-23-17-28(18-23)24(19-8-3-1-4-9-19)20-10-5-2-6-11-20/h1-6,8-11,21-24H,7,12-18H2/t22-/m1/s1. The Morgan fingerprint density at radius 3 is 2.00 bits per heavy atom. The molecule has 5 nitrogen and oxygen atoms in total. The summed E-state index contributed by atoms with van der Waals surface area (Å²) >= 11 is 0. The first-order valence-electron chi connectivity index (χ1n) is 11.5. The van der Waals surface area contributed by atoms with E-state index >= 15 is 0 Å². The molecule has 2 heterocycles. The van der Waals surface area contributed by atoms with Gasteiger partial charge in [0.1, 0.15) is 6.10 Å². The van der Waals surface area contributed by atoms with Gasteiger partial charge in [-0.05, 0) is 36.8 Å². The van der Waals surface area contributed by atoms with Crippen LogP contribution in [0.3, 0.4) is 0 Å². The van der Waals surface area contributed by atoms with Crippen molar-refractivity contribution in [1.82, 2.24) is 9.80 Å². The van der Waals surface area contributed by atoms with E-state index in [9.17, 15) is 9.59 Å². The quantitative estimate of drug-likeness (QED) is 0.672. The second-order valence-electron chi connectivity index (χ2n) is 9.13. The number of piperidine rings is 1. The predicted octanol–water partition coefficient (Wildman–Crippen LogP) is 3.65. The highest BCUT2D eigenvalue weighted by Crippen LogP contribution is 2.34. The molecule has 0 N–H and O–H groups in total. The molecule has 0 bridgehead atoms. The first-order valence-corrected chi connectivity index (χ1v) is 11.5. The Labute approximate surface area is 184 Å². The van der Waals surface area contributed by atoms with Crippen LogP contribution in [0, 0.1) is 11.8 Å². The largest absolute Gasteiger partial charge is 0.459 e. The first-order chi connectivity index (χ1) is 15.2. The molecule has 3 aliphatic rings. The third-order valence-electron chi connectivity index (χ3n) is 6.75. The minimum Gasteiger partial charge on any atom is -0.459 e. The second kappa shape index (κ2) is 8.83. The van der Waals surface area contributed by atoms with Gasteiger partial charge in [-0.2, -0.15) is 0 Å². The van der Waals surface area contributed by atoms with Gasteiger partial charge < -0.3 is 9.64 Å². The summed E-state index contributed by atoms with van der Waals surface area (Å²) in [6.45, 7) is 2.78. The number of rotatable bonds is 6.